The molecule has 0 bridgehead atoms. The first-order chi connectivity index (χ1) is 9.79. The van der Waals surface area contributed by atoms with Gasteiger partial charge in [-0.2, -0.15) is 10.1 Å². The molecule has 0 aliphatic rings. The molecule has 0 fully saturated rings. The van der Waals surface area contributed by atoms with Crippen LogP contribution in [0.15, 0.2) is 43.1 Å². The Bertz CT molecular complexity index is 573. The number of nitrogens with zero attached hydrogens (tertiary/aromatic N) is 3. The highest BCUT2D eigenvalue weighted by molar-refractivity contribution is 5.37. The fraction of sp³-hybridized carbons (Fsp3) is 0.214. The van der Waals surface area contributed by atoms with Crippen LogP contribution in [0.5, 0.6) is 0 Å². The van der Waals surface area contributed by atoms with Crippen LogP contribution < -0.4 is 10.6 Å². The first kappa shape index (κ1) is 13.9. The van der Waals surface area contributed by atoms with Gasteiger partial charge in [-0.1, -0.05) is 24.3 Å². The number of aromatic nitrogens is 3. The zero-order valence-electron chi connectivity index (χ0n) is 11.0. The summed E-state index contributed by atoms with van der Waals surface area (Å²) in [5.74, 6) is 0.840. The van der Waals surface area contributed by atoms with Crippen LogP contribution in [0, 0.1) is 5.82 Å². The van der Waals surface area contributed by atoms with Crippen molar-refractivity contribution in [2.24, 2.45) is 0 Å². The summed E-state index contributed by atoms with van der Waals surface area (Å²) in [5.41, 5.74) is 0.673. The Kier molecular flexibility index (Phi) is 5.00. The molecule has 20 heavy (non-hydrogen) atoms. The van der Waals surface area contributed by atoms with Crippen molar-refractivity contribution >= 4 is 11.8 Å². The van der Waals surface area contributed by atoms with E-state index in [1.807, 2.05) is 6.07 Å². The van der Waals surface area contributed by atoms with Crippen molar-refractivity contribution < 1.29 is 4.39 Å². The topological polar surface area (TPSA) is 62.7 Å². The van der Waals surface area contributed by atoms with E-state index in [0.717, 1.165) is 0 Å². The molecule has 0 unspecified atom stereocenters. The third kappa shape index (κ3) is 4.01. The van der Waals surface area contributed by atoms with Crippen molar-refractivity contribution in [3.63, 3.8) is 0 Å². The molecule has 2 N–H and O–H groups in total. The number of benzene rings is 1. The Hall–Kier alpha value is -2.50. The molecular formula is C14H16FN5. The van der Waals surface area contributed by atoms with E-state index >= 15 is 0 Å². The smallest absolute Gasteiger partial charge is 0.244 e. The van der Waals surface area contributed by atoms with Crippen LogP contribution in [0.3, 0.4) is 0 Å². The van der Waals surface area contributed by atoms with Gasteiger partial charge in [0, 0.05) is 13.1 Å². The van der Waals surface area contributed by atoms with Crippen LogP contribution in [-0.4, -0.2) is 28.3 Å². The van der Waals surface area contributed by atoms with E-state index in [-0.39, 0.29) is 5.82 Å². The van der Waals surface area contributed by atoms with E-state index in [2.05, 4.69) is 32.4 Å². The monoisotopic (exact) mass is 273 g/mol. The Balaban J connectivity index is 1.88. The molecule has 104 valence electrons. The molecule has 2 rings (SSSR count). The SMILES string of the molecule is C=CCNc1nncc(NCCc2ccccc2F)n1. The fourth-order valence-corrected chi connectivity index (χ4v) is 1.65. The van der Waals surface area contributed by atoms with Gasteiger partial charge in [0.15, 0.2) is 5.82 Å². The van der Waals surface area contributed by atoms with Gasteiger partial charge in [0.25, 0.3) is 0 Å². The number of hydrogen-bond acceptors (Lipinski definition) is 5. The maximum Gasteiger partial charge on any atom is 0.244 e. The van der Waals surface area contributed by atoms with E-state index < -0.39 is 0 Å². The average Bonchev–Trinajstić information content (AvgIpc) is 2.48. The average molecular weight is 273 g/mol. The standard InChI is InChI=1S/C14H16FN5/c1-2-8-17-14-19-13(10-18-20-14)16-9-7-11-5-3-4-6-12(11)15/h2-6,10H,1,7-9H2,(H2,16,17,19,20). The van der Waals surface area contributed by atoms with Gasteiger partial charge < -0.3 is 10.6 Å². The predicted octanol–water partition coefficient (Wildman–Crippen LogP) is 2.26. The van der Waals surface area contributed by atoms with Gasteiger partial charge in [-0.15, -0.1) is 11.7 Å². The Morgan fingerprint density at radius 2 is 2.10 bits per heavy atom. The summed E-state index contributed by atoms with van der Waals surface area (Å²) in [5, 5.41) is 13.7. The van der Waals surface area contributed by atoms with Gasteiger partial charge >= 0.3 is 0 Å². The maximum absolute atomic E-state index is 13.4. The minimum atomic E-state index is -0.191. The van der Waals surface area contributed by atoms with Gasteiger partial charge in [-0.05, 0) is 18.1 Å². The molecule has 0 aliphatic carbocycles. The van der Waals surface area contributed by atoms with E-state index in [9.17, 15) is 4.39 Å². The summed E-state index contributed by atoms with van der Waals surface area (Å²) in [6.07, 6.45) is 3.81. The summed E-state index contributed by atoms with van der Waals surface area (Å²) in [7, 11) is 0. The molecular weight excluding hydrogens is 257 g/mol. The van der Waals surface area contributed by atoms with Crippen molar-refractivity contribution in [2.75, 3.05) is 23.7 Å². The second-order valence-corrected chi connectivity index (χ2v) is 4.10. The minimum Gasteiger partial charge on any atom is -0.368 e. The first-order valence-electron chi connectivity index (χ1n) is 6.31. The lowest BCUT2D eigenvalue weighted by molar-refractivity contribution is 0.610. The first-order valence-corrected chi connectivity index (χ1v) is 6.31. The third-order valence-corrected chi connectivity index (χ3v) is 2.62. The van der Waals surface area contributed by atoms with Crippen molar-refractivity contribution in [3.8, 4) is 0 Å². The Morgan fingerprint density at radius 1 is 1.25 bits per heavy atom. The summed E-state index contributed by atoms with van der Waals surface area (Å²) in [4.78, 5) is 4.23. The molecule has 1 heterocycles. The van der Waals surface area contributed by atoms with E-state index in [4.69, 9.17) is 0 Å². The predicted molar refractivity (Wildman–Crippen MR) is 77.1 cm³/mol. The number of rotatable bonds is 7. The van der Waals surface area contributed by atoms with Crippen molar-refractivity contribution in [3.05, 3.63) is 54.5 Å². The largest absolute Gasteiger partial charge is 0.368 e. The molecule has 0 saturated carbocycles. The molecule has 0 amide bonds. The highest BCUT2D eigenvalue weighted by atomic mass is 19.1. The lowest BCUT2D eigenvalue weighted by atomic mass is 10.1. The minimum absolute atomic E-state index is 0.191. The second-order valence-electron chi connectivity index (χ2n) is 4.10. The zero-order chi connectivity index (χ0) is 14.2. The van der Waals surface area contributed by atoms with Crippen LogP contribution >= 0.6 is 0 Å². The molecule has 0 saturated heterocycles. The summed E-state index contributed by atoms with van der Waals surface area (Å²) >= 11 is 0. The van der Waals surface area contributed by atoms with Crippen LogP contribution in [0.2, 0.25) is 0 Å². The summed E-state index contributed by atoms with van der Waals surface area (Å²) in [6, 6.07) is 6.73. The van der Waals surface area contributed by atoms with Crippen molar-refractivity contribution in [2.45, 2.75) is 6.42 Å². The highest BCUT2D eigenvalue weighted by Gasteiger charge is 2.02. The van der Waals surface area contributed by atoms with E-state index in [1.165, 1.54) is 12.3 Å². The fourth-order valence-electron chi connectivity index (χ4n) is 1.65. The van der Waals surface area contributed by atoms with Gasteiger partial charge in [0.05, 0.1) is 6.20 Å². The summed E-state index contributed by atoms with van der Waals surface area (Å²) in [6.45, 7) is 4.74. The lowest BCUT2D eigenvalue weighted by Gasteiger charge is -2.07. The number of hydrogen-bond donors (Lipinski definition) is 2. The molecule has 5 nitrogen and oxygen atoms in total. The molecule has 1 aromatic heterocycles. The number of anilines is 2. The molecule has 2 aromatic rings. The van der Waals surface area contributed by atoms with Crippen molar-refractivity contribution in [1.82, 2.24) is 15.2 Å². The van der Waals surface area contributed by atoms with E-state index in [0.29, 0.717) is 36.8 Å². The van der Waals surface area contributed by atoms with Gasteiger partial charge in [-0.25, -0.2) is 4.39 Å². The zero-order valence-corrected chi connectivity index (χ0v) is 11.0. The quantitative estimate of drug-likeness (QED) is 0.758. The summed E-state index contributed by atoms with van der Waals surface area (Å²) < 4.78 is 13.4. The molecule has 6 heteroatoms. The van der Waals surface area contributed by atoms with Crippen LogP contribution in [0.4, 0.5) is 16.2 Å². The second kappa shape index (κ2) is 7.18. The van der Waals surface area contributed by atoms with Gasteiger partial charge in [0.2, 0.25) is 5.95 Å². The molecule has 1 aromatic carbocycles. The molecule has 0 radical (unpaired) electrons. The molecule has 0 spiro atoms. The van der Waals surface area contributed by atoms with Gasteiger partial charge in [0.1, 0.15) is 5.82 Å². The van der Waals surface area contributed by atoms with E-state index in [1.54, 1.807) is 18.2 Å². The lowest BCUT2D eigenvalue weighted by Crippen LogP contribution is -2.10. The highest BCUT2D eigenvalue weighted by Crippen LogP contribution is 2.08. The Morgan fingerprint density at radius 3 is 2.90 bits per heavy atom. The van der Waals surface area contributed by atoms with Crippen molar-refractivity contribution in [1.29, 1.82) is 0 Å². The van der Waals surface area contributed by atoms with Crippen LogP contribution in [-0.2, 0) is 6.42 Å². The third-order valence-electron chi connectivity index (χ3n) is 2.62. The maximum atomic E-state index is 13.4. The number of halogens is 1. The van der Waals surface area contributed by atoms with Gasteiger partial charge in [-0.3, -0.25) is 0 Å². The normalized spacial score (nSPS) is 10.1. The van der Waals surface area contributed by atoms with Crippen LogP contribution in [0.25, 0.3) is 0 Å². The molecule has 0 aliphatic heterocycles. The number of nitrogens with one attached hydrogen (secondary N) is 2. The Labute approximate surface area is 117 Å². The molecule has 0 atom stereocenters. The van der Waals surface area contributed by atoms with Crippen LogP contribution in [0.1, 0.15) is 5.56 Å².